The van der Waals surface area contributed by atoms with Crippen LogP contribution in [0.4, 0.5) is 5.82 Å². The van der Waals surface area contributed by atoms with Crippen LogP contribution in [0.2, 0.25) is 0 Å². The molecule has 21 heavy (non-hydrogen) atoms. The number of likely N-dealkylation sites (N-methyl/N-ethyl adjacent to an activating group) is 1. The minimum absolute atomic E-state index is 0.867. The summed E-state index contributed by atoms with van der Waals surface area (Å²) in [7, 11) is 1.70. The molecule has 1 aromatic carbocycles. The van der Waals surface area contributed by atoms with Crippen LogP contribution in [-0.4, -0.2) is 44.8 Å². The number of quaternary nitrogens is 1. The molecule has 112 valence electrons. The summed E-state index contributed by atoms with van der Waals surface area (Å²) in [6.45, 7) is 10.2. The lowest BCUT2D eigenvalue weighted by Crippen LogP contribution is -3.14. The Morgan fingerprint density at radius 3 is 2.67 bits per heavy atom. The van der Waals surface area contributed by atoms with Gasteiger partial charge in [0.15, 0.2) is 0 Å². The van der Waals surface area contributed by atoms with E-state index < -0.39 is 0 Å². The van der Waals surface area contributed by atoms with Crippen molar-refractivity contribution in [3.8, 4) is 5.75 Å². The Labute approximate surface area is 126 Å². The predicted octanol–water partition coefficient (Wildman–Crippen LogP) is 1.28. The van der Waals surface area contributed by atoms with Gasteiger partial charge in [-0.3, -0.25) is 0 Å². The van der Waals surface area contributed by atoms with Gasteiger partial charge in [0.2, 0.25) is 0 Å². The van der Waals surface area contributed by atoms with Gasteiger partial charge in [-0.2, -0.15) is 0 Å². The van der Waals surface area contributed by atoms with E-state index in [4.69, 9.17) is 9.72 Å². The van der Waals surface area contributed by atoms with Crippen LogP contribution in [0.5, 0.6) is 5.75 Å². The van der Waals surface area contributed by atoms with Crippen molar-refractivity contribution in [2.75, 3.05) is 44.7 Å². The average molecular weight is 286 g/mol. The van der Waals surface area contributed by atoms with E-state index in [1.807, 2.05) is 12.1 Å². The first-order valence-electron chi connectivity index (χ1n) is 7.75. The molecule has 0 amide bonds. The molecule has 0 bridgehead atoms. The van der Waals surface area contributed by atoms with Gasteiger partial charge >= 0.3 is 0 Å². The molecule has 1 aromatic heterocycles. The van der Waals surface area contributed by atoms with Crippen molar-refractivity contribution in [3.63, 3.8) is 0 Å². The van der Waals surface area contributed by atoms with Crippen LogP contribution in [-0.2, 0) is 0 Å². The van der Waals surface area contributed by atoms with Gasteiger partial charge in [-0.1, -0.05) is 0 Å². The summed E-state index contributed by atoms with van der Waals surface area (Å²) >= 11 is 0. The Morgan fingerprint density at radius 2 is 2.00 bits per heavy atom. The van der Waals surface area contributed by atoms with Crippen molar-refractivity contribution in [2.24, 2.45) is 0 Å². The lowest BCUT2D eigenvalue weighted by molar-refractivity contribution is -0.898. The van der Waals surface area contributed by atoms with E-state index in [9.17, 15) is 0 Å². The lowest BCUT2D eigenvalue weighted by atomic mass is 10.1. The minimum atomic E-state index is 0.867. The molecule has 3 rings (SSSR count). The second-order valence-corrected chi connectivity index (χ2v) is 5.77. The number of hydrogen-bond acceptors (Lipinski definition) is 3. The molecule has 2 heterocycles. The maximum Gasteiger partial charge on any atom is 0.129 e. The number of nitrogens with one attached hydrogen (secondary N) is 1. The molecule has 0 aliphatic carbocycles. The van der Waals surface area contributed by atoms with Crippen molar-refractivity contribution in [3.05, 3.63) is 29.8 Å². The van der Waals surface area contributed by atoms with Crippen molar-refractivity contribution in [2.45, 2.75) is 13.8 Å². The summed E-state index contributed by atoms with van der Waals surface area (Å²) < 4.78 is 5.32. The number of aryl methyl sites for hydroxylation is 1. The minimum Gasteiger partial charge on any atom is -0.497 e. The lowest BCUT2D eigenvalue weighted by Gasteiger charge is -2.32. The Bertz CT molecular complexity index is 633. The highest BCUT2D eigenvalue weighted by Gasteiger charge is 2.20. The number of methoxy groups -OCH3 is 1. The fourth-order valence-corrected chi connectivity index (χ4v) is 3.06. The summed E-state index contributed by atoms with van der Waals surface area (Å²) in [5.74, 6) is 1.97. The quantitative estimate of drug-likeness (QED) is 0.922. The highest BCUT2D eigenvalue weighted by atomic mass is 16.5. The van der Waals surface area contributed by atoms with Crippen molar-refractivity contribution >= 4 is 16.7 Å². The number of nitrogens with zero attached hydrogens (tertiary/aromatic N) is 2. The standard InChI is InChI=1S/C17H23N3O/c1-4-19-7-9-20(10-8-19)17-11-13(2)15-6-5-14(21-3)12-16(15)18-17/h5-6,11-12H,4,7-10H2,1-3H3/p+1. The highest BCUT2D eigenvalue weighted by Crippen LogP contribution is 2.25. The van der Waals surface area contributed by atoms with Crippen LogP contribution in [0.1, 0.15) is 12.5 Å². The number of ether oxygens (including phenoxy) is 1. The number of aromatic nitrogens is 1. The second-order valence-electron chi connectivity index (χ2n) is 5.77. The second kappa shape index (κ2) is 5.90. The average Bonchev–Trinajstić information content (AvgIpc) is 2.54. The summed E-state index contributed by atoms with van der Waals surface area (Å²) in [5.41, 5.74) is 2.30. The monoisotopic (exact) mass is 286 g/mol. The van der Waals surface area contributed by atoms with Crippen LogP contribution in [0.3, 0.4) is 0 Å². The number of pyridine rings is 1. The van der Waals surface area contributed by atoms with Crippen LogP contribution in [0.15, 0.2) is 24.3 Å². The molecule has 1 N–H and O–H groups in total. The van der Waals surface area contributed by atoms with Crippen molar-refractivity contribution < 1.29 is 9.64 Å². The molecular weight excluding hydrogens is 262 g/mol. The van der Waals surface area contributed by atoms with Gasteiger partial charge in [-0.25, -0.2) is 4.98 Å². The third-order valence-electron chi connectivity index (χ3n) is 4.50. The Hall–Kier alpha value is -1.81. The molecule has 0 unspecified atom stereocenters. The maximum absolute atomic E-state index is 5.32. The first kappa shape index (κ1) is 14.1. The molecule has 1 fully saturated rings. The zero-order valence-electron chi connectivity index (χ0n) is 13.1. The van der Waals surface area contributed by atoms with Crippen LogP contribution in [0.25, 0.3) is 10.9 Å². The zero-order valence-corrected chi connectivity index (χ0v) is 13.1. The normalized spacial score (nSPS) is 16.4. The summed E-state index contributed by atoms with van der Waals surface area (Å²) in [5, 5.41) is 1.21. The van der Waals surface area contributed by atoms with Crippen molar-refractivity contribution in [1.29, 1.82) is 0 Å². The van der Waals surface area contributed by atoms with Crippen LogP contribution in [0, 0.1) is 6.92 Å². The van der Waals surface area contributed by atoms with Crippen molar-refractivity contribution in [1.82, 2.24) is 4.98 Å². The molecule has 4 heteroatoms. The number of benzene rings is 1. The number of hydrogen-bond donors (Lipinski definition) is 1. The SMILES string of the molecule is CC[NH+]1CCN(c2cc(C)c3ccc(OC)cc3n2)CC1. The van der Waals surface area contributed by atoms with Gasteiger partial charge in [0, 0.05) is 11.5 Å². The number of anilines is 1. The smallest absolute Gasteiger partial charge is 0.129 e. The Kier molecular flexibility index (Phi) is 3.97. The zero-order chi connectivity index (χ0) is 14.8. The van der Waals surface area contributed by atoms with Gasteiger partial charge in [-0.15, -0.1) is 0 Å². The van der Waals surface area contributed by atoms with E-state index in [1.165, 1.54) is 30.6 Å². The van der Waals surface area contributed by atoms with Gasteiger partial charge in [0.1, 0.15) is 11.6 Å². The van der Waals surface area contributed by atoms with Crippen LogP contribution < -0.4 is 14.5 Å². The molecule has 1 saturated heterocycles. The molecule has 2 aromatic rings. The number of piperazine rings is 1. The molecule has 1 aliphatic rings. The Balaban J connectivity index is 1.92. The predicted molar refractivity (Wildman–Crippen MR) is 86.5 cm³/mol. The van der Waals surface area contributed by atoms with Crippen LogP contribution >= 0.6 is 0 Å². The molecule has 4 nitrogen and oxygen atoms in total. The van der Waals surface area contributed by atoms with E-state index in [2.05, 4.69) is 30.9 Å². The Morgan fingerprint density at radius 1 is 1.24 bits per heavy atom. The molecule has 0 radical (unpaired) electrons. The fourth-order valence-electron chi connectivity index (χ4n) is 3.06. The number of fused-ring (bicyclic) bond motifs is 1. The van der Waals surface area contributed by atoms with Gasteiger partial charge in [0.25, 0.3) is 0 Å². The summed E-state index contributed by atoms with van der Waals surface area (Å²) in [6.07, 6.45) is 0. The largest absolute Gasteiger partial charge is 0.497 e. The van der Waals surface area contributed by atoms with Gasteiger partial charge in [0.05, 0.1) is 45.4 Å². The first-order valence-corrected chi connectivity index (χ1v) is 7.75. The third kappa shape index (κ3) is 2.81. The highest BCUT2D eigenvalue weighted by molar-refractivity contribution is 5.85. The van der Waals surface area contributed by atoms with E-state index in [1.54, 1.807) is 12.0 Å². The molecule has 0 atom stereocenters. The first-order chi connectivity index (χ1) is 10.2. The van der Waals surface area contributed by atoms with E-state index in [0.29, 0.717) is 0 Å². The van der Waals surface area contributed by atoms with E-state index >= 15 is 0 Å². The maximum atomic E-state index is 5.32. The topological polar surface area (TPSA) is 29.8 Å². The van der Waals surface area contributed by atoms with Gasteiger partial charge in [-0.05, 0) is 37.6 Å². The molecule has 0 saturated carbocycles. The molecule has 0 spiro atoms. The van der Waals surface area contributed by atoms with E-state index in [0.717, 1.165) is 30.2 Å². The third-order valence-corrected chi connectivity index (χ3v) is 4.50. The summed E-state index contributed by atoms with van der Waals surface area (Å²) in [6, 6.07) is 8.34. The number of rotatable bonds is 3. The molecular formula is C17H24N3O+. The summed E-state index contributed by atoms with van der Waals surface area (Å²) in [4.78, 5) is 8.95. The van der Waals surface area contributed by atoms with E-state index in [-0.39, 0.29) is 0 Å². The molecule has 1 aliphatic heterocycles. The fraction of sp³-hybridized carbons (Fsp3) is 0.471. The van der Waals surface area contributed by atoms with Gasteiger partial charge < -0.3 is 14.5 Å².